The van der Waals surface area contributed by atoms with Gasteiger partial charge in [0.25, 0.3) is 0 Å². The van der Waals surface area contributed by atoms with Crippen LogP contribution in [-0.2, 0) is 9.53 Å². The van der Waals surface area contributed by atoms with E-state index in [2.05, 4.69) is 12.1 Å². The molecule has 0 bridgehead atoms. The summed E-state index contributed by atoms with van der Waals surface area (Å²) in [7, 11) is 0. The van der Waals surface area contributed by atoms with Crippen molar-refractivity contribution in [3.05, 3.63) is 35.9 Å². The van der Waals surface area contributed by atoms with Crippen molar-refractivity contribution >= 4 is 18.3 Å². The molecule has 3 atom stereocenters. The number of halogens is 1. The van der Waals surface area contributed by atoms with E-state index in [1.54, 1.807) is 0 Å². The van der Waals surface area contributed by atoms with Gasteiger partial charge >= 0.3 is 0 Å². The fraction of sp³-hybridized carbons (Fsp3) is 0.611. The van der Waals surface area contributed by atoms with Gasteiger partial charge in [0.2, 0.25) is 5.91 Å². The summed E-state index contributed by atoms with van der Waals surface area (Å²) in [6.45, 7) is 3.94. The molecule has 1 aliphatic carbocycles. The van der Waals surface area contributed by atoms with E-state index in [1.807, 2.05) is 30.0 Å². The molecular weight excluding hydrogens is 312 g/mol. The molecule has 2 N–H and O–H groups in total. The molecule has 5 heteroatoms. The molecule has 0 radical (unpaired) electrons. The van der Waals surface area contributed by atoms with Crippen LogP contribution in [0.5, 0.6) is 0 Å². The van der Waals surface area contributed by atoms with E-state index in [0.717, 1.165) is 31.2 Å². The summed E-state index contributed by atoms with van der Waals surface area (Å²) in [6, 6.07) is 10.1. The lowest BCUT2D eigenvalue weighted by atomic mass is 9.74. The zero-order valence-electron chi connectivity index (χ0n) is 13.7. The Kier molecular flexibility index (Phi) is 6.06. The predicted molar refractivity (Wildman–Crippen MR) is 93.5 cm³/mol. The SMILES string of the molecule is CC1(N)CCCCC1C(=O)N1CCOC(c2ccccc2)C1.Cl. The van der Waals surface area contributed by atoms with E-state index in [4.69, 9.17) is 10.5 Å². The number of ether oxygens (including phenoxy) is 1. The number of nitrogens with zero attached hydrogens (tertiary/aromatic N) is 1. The van der Waals surface area contributed by atoms with E-state index in [-0.39, 0.29) is 35.9 Å². The Morgan fingerprint density at radius 3 is 2.74 bits per heavy atom. The Morgan fingerprint density at radius 1 is 1.30 bits per heavy atom. The van der Waals surface area contributed by atoms with Gasteiger partial charge in [-0.25, -0.2) is 0 Å². The normalized spacial score (nSPS) is 31.3. The standard InChI is InChI=1S/C18H26N2O2.ClH/c1-18(19)10-6-5-9-15(18)17(21)20-11-12-22-16(13-20)14-7-3-2-4-8-14;/h2-4,7-8,15-16H,5-6,9-13,19H2,1H3;1H. The molecule has 1 aromatic rings. The van der Waals surface area contributed by atoms with Crippen LogP contribution in [0, 0.1) is 5.92 Å². The minimum atomic E-state index is -0.365. The average molecular weight is 339 g/mol. The number of hydrogen-bond acceptors (Lipinski definition) is 3. The summed E-state index contributed by atoms with van der Waals surface area (Å²) in [5.41, 5.74) is 7.17. The highest BCUT2D eigenvalue weighted by molar-refractivity contribution is 5.85. The van der Waals surface area contributed by atoms with Crippen LogP contribution in [0.4, 0.5) is 0 Å². The topological polar surface area (TPSA) is 55.6 Å². The summed E-state index contributed by atoms with van der Waals surface area (Å²) >= 11 is 0. The molecule has 1 aliphatic heterocycles. The molecule has 2 fully saturated rings. The lowest BCUT2D eigenvalue weighted by Gasteiger charge is -2.42. The molecule has 1 saturated heterocycles. The number of nitrogens with two attached hydrogens (primary N) is 1. The minimum absolute atomic E-state index is 0. The van der Waals surface area contributed by atoms with Crippen LogP contribution < -0.4 is 5.73 Å². The number of carbonyl (C=O) groups is 1. The van der Waals surface area contributed by atoms with Gasteiger partial charge in [-0.15, -0.1) is 12.4 Å². The average Bonchev–Trinajstić information content (AvgIpc) is 2.55. The van der Waals surface area contributed by atoms with Gasteiger partial charge in [0.15, 0.2) is 0 Å². The van der Waals surface area contributed by atoms with Crippen LogP contribution in [0.15, 0.2) is 30.3 Å². The van der Waals surface area contributed by atoms with Gasteiger partial charge in [-0.2, -0.15) is 0 Å². The lowest BCUT2D eigenvalue weighted by molar-refractivity contribution is -0.146. The number of hydrogen-bond donors (Lipinski definition) is 1. The summed E-state index contributed by atoms with van der Waals surface area (Å²) < 4.78 is 5.86. The minimum Gasteiger partial charge on any atom is -0.370 e. The highest BCUT2D eigenvalue weighted by Gasteiger charge is 2.40. The lowest BCUT2D eigenvalue weighted by Crippen LogP contribution is -2.55. The summed E-state index contributed by atoms with van der Waals surface area (Å²) in [4.78, 5) is 14.9. The molecule has 0 aromatic heterocycles. The third-order valence-electron chi connectivity index (χ3n) is 5.10. The first-order valence-electron chi connectivity index (χ1n) is 8.32. The number of morpholine rings is 1. The maximum atomic E-state index is 12.9. The summed E-state index contributed by atoms with van der Waals surface area (Å²) in [5, 5.41) is 0. The van der Waals surface area contributed by atoms with Crippen molar-refractivity contribution in [1.82, 2.24) is 4.90 Å². The van der Waals surface area contributed by atoms with Crippen molar-refractivity contribution in [3.63, 3.8) is 0 Å². The van der Waals surface area contributed by atoms with Crippen molar-refractivity contribution in [2.24, 2.45) is 11.7 Å². The molecular formula is C18H27ClN2O2. The van der Waals surface area contributed by atoms with Crippen molar-refractivity contribution in [2.45, 2.75) is 44.2 Å². The van der Waals surface area contributed by atoms with E-state index in [1.165, 1.54) is 0 Å². The van der Waals surface area contributed by atoms with E-state index in [0.29, 0.717) is 19.7 Å². The number of carbonyl (C=O) groups excluding carboxylic acids is 1. The number of rotatable bonds is 2. The molecule has 4 nitrogen and oxygen atoms in total. The molecule has 1 amide bonds. The van der Waals surface area contributed by atoms with Crippen molar-refractivity contribution in [2.75, 3.05) is 19.7 Å². The van der Waals surface area contributed by atoms with E-state index in [9.17, 15) is 4.79 Å². The maximum Gasteiger partial charge on any atom is 0.227 e. The second-order valence-electron chi connectivity index (χ2n) is 6.86. The molecule has 3 unspecified atom stereocenters. The maximum absolute atomic E-state index is 12.9. The van der Waals surface area contributed by atoms with E-state index < -0.39 is 0 Å². The second kappa shape index (κ2) is 7.65. The third-order valence-corrected chi connectivity index (χ3v) is 5.10. The van der Waals surface area contributed by atoms with Gasteiger partial charge < -0.3 is 15.4 Å². The first kappa shape index (κ1) is 18.2. The smallest absolute Gasteiger partial charge is 0.227 e. The van der Waals surface area contributed by atoms with Crippen LogP contribution in [0.3, 0.4) is 0 Å². The fourth-order valence-corrected chi connectivity index (χ4v) is 3.70. The third kappa shape index (κ3) is 4.06. The van der Waals surface area contributed by atoms with Gasteiger partial charge in [-0.3, -0.25) is 4.79 Å². The molecule has 0 spiro atoms. The first-order valence-corrected chi connectivity index (χ1v) is 8.32. The molecule has 3 rings (SSSR count). The monoisotopic (exact) mass is 338 g/mol. The Bertz CT molecular complexity index is 521. The van der Waals surface area contributed by atoms with Gasteiger partial charge in [0.05, 0.1) is 19.1 Å². The highest BCUT2D eigenvalue weighted by atomic mass is 35.5. The predicted octanol–water partition coefficient (Wildman–Crippen LogP) is 2.92. The van der Waals surface area contributed by atoms with Crippen LogP contribution >= 0.6 is 12.4 Å². The van der Waals surface area contributed by atoms with Gasteiger partial charge in [-0.05, 0) is 25.3 Å². The van der Waals surface area contributed by atoms with Crippen molar-refractivity contribution < 1.29 is 9.53 Å². The molecule has 1 aromatic carbocycles. The van der Waals surface area contributed by atoms with E-state index >= 15 is 0 Å². The van der Waals surface area contributed by atoms with Crippen LogP contribution in [-0.4, -0.2) is 36.0 Å². The molecule has 128 valence electrons. The van der Waals surface area contributed by atoms with Crippen LogP contribution in [0.1, 0.15) is 44.3 Å². The molecule has 23 heavy (non-hydrogen) atoms. The van der Waals surface area contributed by atoms with Gasteiger partial charge in [-0.1, -0.05) is 43.2 Å². The second-order valence-corrected chi connectivity index (χ2v) is 6.86. The Hall–Kier alpha value is -1.10. The van der Waals surface area contributed by atoms with Gasteiger partial charge in [0, 0.05) is 12.1 Å². The largest absolute Gasteiger partial charge is 0.370 e. The zero-order chi connectivity index (χ0) is 15.6. The molecule has 2 aliphatic rings. The Morgan fingerprint density at radius 2 is 2.04 bits per heavy atom. The highest BCUT2D eigenvalue weighted by Crippen LogP contribution is 2.34. The van der Waals surface area contributed by atoms with Crippen molar-refractivity contribution in [3.8, 4) is 0 Å². The number of amides is 1. The van der Waals surface area contributed by atoms with Crippen LogP contribution in [0.25, 0.3) is 0 Å². The quantitative estimate of drug-likeness (QED) is 0.902. The summed E-state index contributed by atoms with van der Waals surface area (Å²) in [6.07, 6.45) is 4.07. The van der Waals surface area contributed by atoms with Crippen molar-refractivity contribution in [1.29, 1.82) is 0 Å². The van der Waals surface area contributed by atoms with Gasteiger partial charge in [0.1, 0.15) is 6.10 Å². The van der Waals surface area contributed by atoms with Crippen LogP contribution in [0.2, 0.25) is 0 Å². The molecule has 1 heterocycles. The zero-order valence-corrected chi connectivity index (χ0v) is 14.6. The fourth-order valence-electron chi connectivity index (χ4n) is 3.70. The Labute approximate surface area is 144 Å². The summed E-state index contributed by atoms with van der Waals surface area (Å²) in [5.74, 6) is 0.171. The molecule has 1 saturated carbocycles. The first-order chi connectivity index (χ1) is 10.6. The Balaban J connectivity index is 0.00000192. The number of benzene rings is 1.